The molecular weight excluding hydrogens is 222 g/mol. The van der Waals surface area contributed by atoms with Gasteiger partial charge in [-0.3, -0.25) is 15.1 Å². The lowest BCUT2D eigenvalue weighted by Crippen LogP contribution is -2.33. The molecule has 1 heterocycles. The van der Waals surface area contributed by atoms with E-state index in [-0.39, 0.29) is 11.3 Å². The van der Waals surface area contributed by atoms with E-state index in [0.29, 0.717) is 18.8 Å². The summed E-state index contributed by atoms with van der Waals surface area (Å²) in [4.78, 5) is 14.0. The molecule has 1 aromatic rings. The van der Waals surface area contributed by atoms with Crippen molar-refractivity contribution in [1.82, 2.24) is 4.98 Å². The standard InChI is InChI=1S/C11H17N3O3/c1-4-17-11(2,3)8-13-9-5-6-12-7-10(9)14(15)16/h5-7H,4,8H2,1-3H3,(H,12,13). The molecule has 0 aliphatic rings. The monoisotopic (exact) mass is 239 g/mol. The molecule has 17 heavy (non-hydrogen) atoms. The molecule has 94 valence electrons. The average molecular weight is 239 g/mol. The molecule has 1 rings (SSSR count). The number of nitrogens with zero attached hydrogens (tertiary/aromatic N) is 2. The van der Waals surface area contributed by atoms with E-state index in [4.69, 9.17) is 4.74 Å². The number of hydrogen-bond acceptors (Lipinski definition) is 5. The van der Waals surface area contributed by atoms with E-state index >= 15 is 0 Å². The van der Waals surface area contributed by atoms with Gasteiger partial charge in [-0.2, -0.15) is 0 Å². The van der Waals surface area contributed by atoms with Gasteiger partial charge < -0.3 is 10.1 Å². The first kappa shape index (κ1) is 13.4. The van der Waals surface area contributed by atoms with Gasteiger partial charge in [0, 0.05) is 19.3 Å². The van der Waals surface area contributed by atoms with Gasteiger partial charge in [-0.25, -0.2) is 0 Å². The average Bonchev–Trinajstić information content (AvgIpc) is 2.27. The zero-order valence-corrected chi connectivity index (χ0v) is 10.3. The zero-order valence-electron chi connectivity index (χ0n) is 10.3. The van der Waals surface area contributed by atoms with Crippen LogP contribution in [0.25, 0.3) is 0 Å². The summed E-state index contributed by atoms with van der Waals surface area (Å²) < 4.78 is 5.50. The van der Waals surface area contributed by atoms with Gasteiger partial charge in [-0.1, -0.05) is 0 Å². The highest BCUT2D eigenvalue weighted by molar-refractivity contribution is 5.59. The van der Waals surface area contributed by atoms with E-state index in [1.807, 2.05) is 20.8 Å². The number of anilines is 1. The third-order valence-electron chi connectivity index (χ3n) is 2.24. The van der Waals surface area contributed by atoms with Crippen LogP contribution in [0.3, 0.4) is 0 Å². The van der Waals surface area contributed by atoms with Crippen LogP contribution in [0.2, 0.25) is 0 Å². The SMILES string of the molecule is CCOC(C)(C)CNc1ccncc1[N+](=O)[O-]. The number of hydrogen-bond donors (Lipinski definition) is 1. The first-order valence-electron chi connectivity index (χ1n) is 5.42. The highest BCUT2D eigenvalue weighted by Gasteiger charge is 2.20. The second-order valence-electron chi connectivity index (χ2n) is 4.20. The molecule has 0 radical (unpaired) electrons. The van der Waals surface area contributed by atoms with Crippen molar-refractivity contribution in [1.29, 1.82) is 0 Å². The molecule has 0 saturated heterocycles. The topological polar surface area (TPSA) is 77.3 Å². The van der Waals surface area contributed by atoms with Gasteiger partial charge in [-0.05, 0) is 26.8 Å². The molecule has 0 saturated carbocycles. The maximum atomic E-state index is 10.8. The molecule has 0 bridgehead atoms. The molecule has 0 aliphatic heterocycles. The van der Waals surface area contributed by atoms with Crippen LogP contribution in [-0.4, -0.2) is 28.7 Å². The fourth-order valence-electron chi connectivity index (χ4n) is 1.43. The summed E-state index contributed by atoms with van der Waals surface area (Å²) >= 11 is 0. The van der Waals surface area contributed by atoms with Crippen molar-refractivity contribution in [2.75, 3.05) is 18.5 Å². The molecule has 0 fully saturated rings. The van der Waals surface area contributed by atoms with Crippen LogP contribution < -0.4 is 5.32 Å². The summed E-state index contributed by atoms with van der Waals surface area (Å²) in [7, 11) is 0. The summed E-state index contributed by atoms with van der Waals surface area (Å²) in [6.07, 6.45) is 2.75. The molecular formula is C11H17N3O3. The van der Waals surface area contributed by atoms with Crippen LogP contribution >= 0.6 is 0 Å². The number of nitrogens with one attached hydrogen (secondary N) is 1. The van der Waals surface area contributed by atoms with Crippen LogP contribution in [0, 0.1) is 10.1 Å². The minimum absolute atomic E-state index is 0.0280. The van der Waals surface area contributed by atoms with Crippen LogP contribution in [0.1, 0.15) is 20.8 Å². The van der Waals surface area contributed by atoms with Gasteiger partial charge in [0.05, 0.1) is 10.5 Å². The number of nitro groups is 1. The van der Waals surface area contributed by atoms with Crippen molar-refractivity contribution >= 4 is 11.4 Å². The number of aromatic nitrogens is 1. The molecule has 0 aromatic carbocycles. The van der Waals surface area contributed by atoms with Crippen molar-refractivity contribution in [3.05, 3.63) is 28.6 Å². The van der Waals surface area contributed by atoms with Crippen molar-refractivity contribution in [2.24, 2.45) is 0 Å². The van der Waals surface area contributed by atoms with Gasteiger partial charge in [0.15, 0.2) is 0 Å². The Kier molecular flexibility index (Phi) is 4.39. The first-order chi connectivity index (χ1) is 7.96. The highest BCUT2D eigenvalue weighted by atomic mass is 16.6. The van der Waals surface area contributed by atoms with Gasteiger partial charge in [0.2, 0.25) is 0 Å². The summed E-state index contributed by atoms with van der Waals surface area (Å²) in [5.74, 6) is 0. The summed E-state index contributed by atoms with van der Waals surface area (Å²) in [6, 6.07) is 1.58. The Morgan fingerprint density at radius 3 is 2.88 bits per heavy atom. The Labute approximate surface area is 100 Å². The normalized spacial score (nSPS) is 11.2. The molecule has 0 amide bonds. The zero-order chi connectivity index (χ0) is 12.9. The second kappa shape index (κ2) is 5.58. The van der Waals surface area contributed by atoms with Crippen molar-refractivity contribution < 1.29 is 9.66 Å². The Balaban J connectivity index is 2.72. The predicted molar refractivity (Wildman–Crippen MR) is 65.1 cm³/mol. The van der Waals surface area contributed by atoms with E-state index in [2.05, 4.69) is 10.3 Å². The third-order valence-corrected chi connectivity index (χ3v) is 2.24. The van der Waals surface area contributed by atoms with Crippen molar-refractivity contribution in [3.8, 4) is 0 Å². The minimum atomic E-state index is -0.455. The summed E-state index contributed by atoms with van der Waals surface area (Å²) in [5.41, 5.74) is 0.0592. The van der Waals surface area contributed by atoms with Crippen LogP contribution in [0.5, 0.6) is 0 Å². The first-order valence-corrected chi connectivity index (χ1v) is 5.42. The van der Waals surface area contributed by atoms with Crippen LogP contribution in [-0.2, 0) is 4.74 Å². The van der Waals surface area contributed by atoms with E-state index in [9.17, 15) is 10.1 Å². The largest absolute Gasteiger partial charge is 0.377 e. The maximum absolute atomic E-state index is 10.8. The van der Waals surface area contributed by atoms with Crippen molar-refractivity contribution in [2.45, 2.75) is 26.4 Å². The number of ether oxygens (including phenoxy) is 1. The van der Waals surface area contributed by atoms with E-state index in [1.165, 1.54) is 12.4 Å². The molecule has 0 unspecified atom stereocenters. The molecule has 0 spiro atoms. The lowest BCUT2D eigenvalue weighted by Gasteiger charge is -2.25. The molecule has 6 heteroatoms. The second-order valence-corrected chi connectivity index (χ2v) is 4.20. The Morgan fingerprint density at radius 1 is 1.59 bits per heavy atom. The van der Waals surface area contributed by atoms with E-state index in [0.717, 1.165) is 0 Å². The quantitative estimate of drug-likeness (QED) is 0.608. The van der Waals surface area contributed by atoms with Crippen LogP contribution in [0.15, 0.2) is 18.5 Å². The Morgan fingerprint density at radius 2 is 2.29 bits per heavy atom. The predicted octanol–water partition coefficient (Wildman–Crippen LogP) is 2.22. The Hall–Kier alpha value is -1.69. The lowest BCUT2D eigenvalue weighted by atomic mass is 10.1. The Bertz CT molecular complexity index is 393. The third kappa shape index (κ3) is 3.99. The molecule has 0 atom stereocenters. The molecule has 0 aliphatic carbocycles. The van der Waals surface area contributed by atoms with E-state index < -0.39 is 4.92 Å². The van der Waals surface area contributed by atoms with Gasteiger partial charge in [-0.15, -0.1) is 0 Å². The highest BCUT2D eigenvalue weighted by Crippen LogP contribution is 2.23. The maximum Gasteiger partial charge on any atom is 0.310 e. The van der Waals surface area contributed by atoms with Gasteiger partial charge in [0.1, 0.15) is 11.9 Å². The lowest BCUT2D eigenvalue weighted by molar-refractivity contribution is -0.384. The van der Waals surface area contributed by atoms with Crippen molar-refractivity contribution in [3.63, 3.8) is 0 Å². The van der Waals surface area contributed by atoms with E-state index in [1.54, 1.807) is 6.07 Å². The van der Waals surface area contributed by atoms with Gasteiger partial charge >= 0.3 is 5.69 Å². The fourth-order valence-corrected chi connectivity index (χ4v) is 1.43. The van der Waals surface area contributed by atoms with Gasteiger partial charge in [0.25, 0.3) is 0 Å². The fraction of sp³-hybridized carbons (Fsp3) is 0.545. The summed E-state index contributed by atoms with van der Waals surface area (Å²) in [5, 5.41) is 13.8. The smallest absolute Gasteiger partial charge is 0.310 e. The molecule has 6 nitrogen and oxygen atoms in total. The summed E-state index contributed by atoms with van der Waals surface area (Å²) in [6.45, 7) is 6.86. The number of rotatable bonds is 6. The minimum Gasteiger partial charge on any atom is -0.377 e. The number of pyridine rings is 1. The molecule has 1 N–H and O–H groups in total. The van der Waals surface area contributed by atoms with Crippen LogP contribution in [0.4, 0.5) is 11.4 Å². The molecule has 1 aromatic heterocycles.